The van der Waals surface area contributed by atoms with Crippen molar-refractivity contribution in [3.8, 4) is 11.9 Å². The van der Waals surface area contributed by atoms with Crippen LogP contribution in [0.4, 0.5) is 8.78 Å². The van der Waals surface area contributed by atoms with Gasteiger partial charge in [0.1, 0.15) is 17.2 Å². The lowest BCUT2D eigenvalue weighted by atomic mass is 9.68. The summed E-state index contributed by atoms with van der Waals surface area (Å²) in [6.45, 7) is 1.74. The van der Waals surface area contributed by atoms with Crippen molar-refractivity contribution in [2.24, 2.45) is 11.8 Å². The Morgan fingerprint density at radius 3 is 2.79 bits per heavy atom. The highest BCUT2D eigenvalue weighted by Crippen LogP contribution is 2.50. The van der Waals surface area contributed by atoms with Crippen molar-refractivity contribution < 1.29 is 23.4 Å². The quantitative estimate of drug-likeness (QED) is 0.825. The molecule has 1 saturated carbocycles. The van der Waals surface area contributed by atoms with Gasteiger partial charge in [0.15, 0.2) is 0 Å². The second kappa shape index (κ2) is 7.84. The van der Waals surface area contributed by atoms with E-state index in [1.807, 2.05) is 0 Å². The summed E-state index contributed by atoms with van der Waals surface area (Å²) in [6, 6.07) is 3.85. The van der Waals surface area contributed by atoms with Gasteiger partial charge in [0.05, 0.1) is 19.8 Å². The molecule has 2 heterocycles. The van der Waals surface area contributed by atoms with Crippen LogP contribution in [0.15, 0.2) is 24.4 Å². The van der Waals surface area contributed by atoms with Crippen LogP contribution in [-0.2, 0) is 12.1 Å². The van der Waals surface area contributed by atoms with Crippen molar-refractivity contribution in [2.75, 3.05) is 27.3 Å². The van der Waals surface area contributed by atoms with E-state index in [1.165, 1.54) is 26.4 Å². The van der Waals surface area contributed by atoms with Gasteiger partial charge in [-0.05, 0) is 31.2 Å². The number of aromatic nitrogens is 2. The second-order valence-corrected chi connectivity index (χ2v) is 7.89. The molecule has 0 bridgehead atoms. The van der Waals surface area contributed by atoms with Crippen LogP contribution < -0.4 is 9.47 Å². The van der Waals surface area contributed by atoms with Crippen LogP contribution >= 0.6 is 0 Å². The Morgan fingerprint density at radius 1 is 1.24 bits per heavy atom. The third kappa shape index (κ3) is 3.67. The van der Waals surface area contributed by atoms with Crippen LogP contribution in [0.25, 0.3) is 0 Å². The number of rotatable bonds is 5. The predicted molar refractivity (Wildman–Crippen MR) is 101 cm³/mol. The Hall–Kier alpha value is -2.32. The first-order chi connectivity index (χ1) is 13.9. The van der Waals surface area contributed by atoms with Crippen LogP contribution in [0.3, 0.4) is 0 Å². The summed E-state index contributed by atoms with van der Waals surface area (Å²) in [7, 11) is 2.98. The first-order valence-corrected chi connectivity index (χ1v) is 9.78. The number of fused-ring (bicyclic) bond motifs is 1. The Labute approximate surface area is 168 Å². The van der Waals surface area contributed by atoms with E-state index in [0.29, 0.717) is 36.5 Å². The summed E-state index contributed by atoms with van der Waals surface area (Å²) in [4.78, 5) is 10.5. The predicted octanol–water partition coefficient (Wildman–Crippen LogP) is 2.89. The summed E-state index contributed by atoms with van der Waals surface area (Å²) < 4.78 is 37.8. The lowest BCUT2D eigenvalue weighted by Crippen LogP contribution is -2.43. The van der Waals surface area contributed by atoms with Gasteiger partial charge in [-0.1, -0.05) is 6.07 Å². The second-order valence-electron chi connectivity index (χ2n) is 7.89. The van der Waals surface area contributed by atoms with Crippen molar-refractivity contribution in [2.45, 2.75) is 31.4 Å². The molecule has 0 unspecified atom stereocenters. The molecule has 156 valence electrons. The first-order valence-electron chi connectivity index (χ1n) is 9.78. The number of ether oxygens (including phenoxy) is 2. The Kier molecular flexibility index (Phi) is 5.40. The molecule has 29 heavy (non-hydrogen) atoms. The van der Waals surface area contributed by atoms with E-state index in [2.05, 4.69) is 14.9 Å². The van der Waals surface area contributed by atoms with Gasteiger partial charge in [-0.2, -0.15) is 4.98 Å². The number of hydrogen-bond acceptors (Lipinski definition) is 6. The molecule has 2 aromatic rings. The highest BCUT2D eigenvalue weighted by atomic mass is 19.1. The minimum Gasteiger partial charge on any atom is -0.481 e. The van der Waals surface area contributed by atoms with E-state index in [-0.39, 0.29) is 17.8 Å². The molecule has 1 N–H and O–H groups in total. The molecule has 6 nitrogen and oxygen atoms in total. The van der Waals surface area contributed by atoms with Crippen LogP contribution in [0.2, 0.25) is 0 Å². The van der Waals surface area contributed by atoms with Crippen molar-refractivity contribution in [1.29, 1.82) is 0 Å². The van der Waals surface area contributed by atoms with Gasteiger partial charge in [0.2, 0.25) is 5.88 Å². The van der Waals surface area contributed by atoms with E-state index in [0.717, 1.165) is 25.5 Å². The van der Waals surface area contributed by atoms with Gasteiger partial charge in [0.25, 0.3) is 0 Å². The Balaban J connectivity index is 1.59. The van der Waals surface area contributed by atoms with Gasteiger partial charge in [0, 0.05) is 43.4 Å². The molecule has 2 aliphatic rings. The number of likely N-dealkylation sites (tertiary alicyclic amines) is 1. The molecular formula is C21H25F2N3O3. The summed E-state index contributed by atoms with van der Waals surface area (Å²) in [5.74, 6) is -0.597. The smallest absolute Gasteiger partial charge is 0.319 e. The SMILES string of the molecule is COc1ncc([C@@]2(O)CCC[C@@H]3CN(Cc4ccc(F)cc4F)C[C@@H]32)c(OC)n1. The zero-order valence-electron chi connectivity index (χ0n) is 16.6. The zero-order valence-corrected chi connectivity index (χ0v) is 16.6. The van der Waals surface area contributed by atoms with E-state index in [4.69, 9.17) is 9.47 Å². The topological polar surface area (TPSA) is 67.7 Å². The fourth-order valence-electron chi connectivity index (χ4n) is 4.87. The maximum absolute atomic E-state index is 14.1. The monoisotopic (exact) mass is 405 g/mol. The minimum absolute atomic E-state index is 0.0503. The summed E-state index contributed by atoms with van der Waals surface area (Å²) in [5.41, 5.74) is -0.111. The Bertz CT molecular complexity index is 897. The average Bonchev–Trinajstić information content (AvgIpc) is 3.14. The molecule has 1 aromatic heterocycles. The molecule has 1 aliphatic heterocycles. The van der Waals surface area contributed by atoms with Gasteiger partial charge < -0.3 is 14.6 Å². The standard InChI is InChI=1S/C21H25F2N3O3/c1-28-19-16(9-24-20(25-19)29-2)21(27)7-3-4-13-10-26(12-17(13)21)11-14-5-6-15(22)8-18(14)23/h5-6,8-9,13,17,27H,3-4,7,10-12H2,1-2H3/t13-,17+,21+/m1/s1. The fourth-order valence-corrected chi connectivity index (χ4v) is 4.87. The van der Waals surface area contributed by atoms with Crippen LogP contribution in [0.1, 0.15) is 30.4 Å². The lowest BCUT2D eigenvalue weighted by molar-refractivity contribution is -0.0669. The average molecular weight is 405 g/mol. The number of hydrogen-bond donors (Lipinski definition) is 1. The lowest BCUT2D eigenvalue weighted by Gasteiger charge is -2.41. The van der Waals surface area contributed by atoms with Crippen molar-refractivity contribution in [1.82, 2.24) is 14.9 Å². The maximum Gasteiger partial charge on any atom is 0.319 e. The normalized spacial score (nSPS) is 26.9. The number of benzene rings is 1. The molecule has 1 aliphatic carbocycles. The summed E-state index contributed by atoms with van der Waals surface area (Å²) in [5, 5.41) is 11.7. The molecular weight excluding hydrogens is 380 g/mol. The number of aliphatic hydroxyl groups is 1. The van der Waals surface area contributed by atoms with Gasteiger partial charge in [-0.3, -0.25) is 4.90 Å². The molecule has 0 amide bonds. The van der Waals surface area contributed by atoms with E-state index in [1.54, 1.807) is 6.20 Å². The van der Waals surface area contributed by atoms with Gasteiger partial charge in [-0.25, -0.2) is 13.8 Å². The van der Waals surface area contributed by atoms with Crippen LogP contribution in [-0.4, -0.2) is 47.3 Å². The maximum atomic E-state index is 14.1. The van der Waals surface area contributed by atoms with Crippen molar-refractivity contribution in [3.05, 3.63) is 47.2 Å². The molecule has 4 rings (SSSR count). The molecule has 2 fully saturated rings. The van der Waals surface area contributed by atoms with Crippen molar-refractivity contribution in [3.63, 3.8) is 0 Å². The molecule has 8 heteroatoms. The van der Waals surface area contributed by atoms with Crippen LogP contribution in [0, 0.1) is 23.5 Å². The zero-order chi connectivity index (χ0) is 20.6. The first kappa shape index (κ1) is 20.0. The van der Waals surface area contributed by atoms with Crippen molar-refractivity contribution >= 4 is 0 Å². The highest BCUT2D eigenvalue weighted by Gasteiger charge is 2.51. The fraction of sp³-hybridized carbons (Fsp3) is 0.524. The highest BCUT2D eigenvalue weighted by molar-refractivity contribution is 5.33. The van der Waals surface area contributed by atoms with Crippen LogP contribution in [0.5, 0.6) is 11.9 Å². The van der Waals surface area contributed by atoms with E-state index in [9.17, 15) is 13.9 Å². The van der Waals surface area contributed by atoms with Gasteiger partial charge >= 0.3 is 6.01 Å². The van der Waals surface area contributed by atoms with E-state index < -0.39 is 17.2 Å². The molecule has 0 spiro atoms. The van der Waals surface area contributed by atoms with E-state index >= 15 is 0 Å². The molecule has 0 radical (unpaired) electrons. The minimum atomic E-state index is -1.13. The Morgan fingerprint density at radius 2 is 2.07 bits per heavy atom. The largest absolute Gasteiger partial charge is 0.481 e. The number of halogens is 2. The summed E-state index contributed by atoms with van der Waals surface area (Å²) >= 11 is 0. The molecule has 1 aromatic carbocycles. The molecule has 3 atom stereocenters. The van der Waals surface area contributed by atoms with Gasteiger partial charge in [-0.15, -0.1) is 0 Å². The molecule has 1 saturated heterocycles. The third-order valence-corrected chi connectivity index (χ3v) is 6.25. The number of methoxy groups -OCH3 is 2. The summed E-state index contributed by atoms with van der Waals surface area (Å²) in [6.07, 6.45) is 4.02. The number of nitrogens with zero attached hydrogens (tertiary/aromatic N) is 3. The third-order valence-electron chi connectivity index (χ3n) is 6.25.